The summed E-state index contributed by atoms with van der Waals surface area (Å²) in [5.74, 6) is -2.72. The van der Waals surface area contributed by atoms with E-state index < -0.39 is 17.9 Å². The maximum Gasteiger partial charge on any atom is 0.330 e. The van der Waals surface area contributed by atoms with Crippen LogP contribution in [0.25, 0.3) is 0 Å². The van der Waals surface area contributed by atoms with Crippen LogP contribution in [0.2, 0.25) is 0 Å². The van der Waals surface area contributed by atoms with Crippen LogP contribution in [0.5, 0.6) is 0 Å². The van der Waals surface area contributed by atoms with Gasteiger partial charge in [-0.2, -0.15) is 0 Å². The molecule has 0 amide bonds. The molecule has 0 aromatic rings. The van der Waals surface area contributed by atoms with Crippen LogP contribution in [0.3, 0.4) is 0 Å². The second kappa shape index (κ2) is 19.6. The molecule has 0 rings (SSSR count). The predicted octanol–water partition coefficient (Wildman–Crippen LogP) is 1.30. The Hall–Kier alpha value is -2.45. The van der Waals surface area contributed by atoms with E-state index in [1.807, 2.05) is 0 Å². The molecule has 0 aliphatic carbocycles. The van der Waals surface area contributed by atoms with E-state index in [1.54, 1.807) is 19.9 Å². The standard InChI is InChI=1S/C5H8O2.2C4H6O2.C2H6O2/c1-3-4(2)5(6)7;2*1-3(2)4(5)6;3-1-2-4/h3H,1-2H3,(H,6,7);2*1H2,2H3,(H,5,6);3-4H,1-2H2. The van der Waals surface area contributed by atoms with Gasteiger partial charge in [0.25, 0.3) is 0 Å². The molecule has 0 unspecified atom stereocenters. The highest BCUT2D eigenvalue weighted by Gasteiger charge is 1.93. The molecular formula is C15H26O8. The van der Waals surface area contributed by atoms with Crippen molar-refractivity contribution in [3.63, 3.8) is 0 Å². The fourth-order valence-corrected chi connectivity index (χ4v) is 0.123. The first kappa shape index (κ1) is 28.7. The first-order chi connectivity index (χ1) is 10.4. The number of aliphatic carboxylic acids is 3. The molecule has 134 valence electrons. The second-order valence-corrected chi connectivity index (χ2v) is 3.90. The zero-order valence-corrected chi connectivity index (χ0v) is 13.9. The van der Waals surface area contributed by atoms with E-state index in [4.69, 9.17) is 25.5 Å². The topological polar surface area (TPSA) is 152 Å². The summed E-state index contributed by atoms with van der Waals surface area (Å²) in [5, 5.41) is 39.1. The Morgan fingerprint density at radius 2 is 1.00 bits per heavy atom. The Balaban J connectivity index is -0.000000107. The first-order valence-electron chi connectivity index (χ1n) is 6.24. The minimum atomic E-state index is -0.935. The Bertz CT molecular complexity index is 371. The van der Waals surface area contributed by atoms with Gasteiger partial charge >= 0.3 is 17.9 Å². The van der Waals surface area contributed by atoms with Gasteiger partial charge in [0, 0.05) is 16.7 Å². The lowest BCUT2D eigenvalue weighted by Gasteiger charge is -1.84. The molecule has 0 aromatic heterocycles. The fourth-order valence-electron chi connectivity index (χ4n) is 0.123. The van der Waals surface area contributed by atoms with Gasteiger partial charge in [-0.15, -0.1) is 0 Å². The van der Waals surface area contributed by atoms with Gasteiger partial charge in [0.05, 0.1) is 13.2 Å². The average Bonchev–Trinajstić information content (AvgIpc) is 2.47. The average molecular weight is 334 g/mol. The monoisotopic (exact) mass is 334 g/mol. The lowest BCUT2D eigenvalue weighted by Crippen LogP contribution is -1.93. The van der Waals surface area contributed by atoms with Gasteiger partial charge in [-0.1, -0.05) is 19.2 Å². The maximum atomic E-state index is 9.86. The van der Waals surface area contributed by atoms with Crippen molar-refractivity contribution in [1.82, 2.24) is 0 Å². The summed E-state index contributed by atoms with van der Waals surface area (Å²) in [6.45, 7) is 12.2. The van der Waals surface area contributed by atoms with Gasteiger partial charge in [-0.05, 0) is 27.7 Å². The number of rotatable bonds is 4. The van der Waals surface area contributed by atoms with Crippen LogP contribution in [0.1, 0.15) is 27.7 Å². The van der Waals surface area contributed by atoms with Gasteiger partial charge in [-0.25, -0.2) is 14.4 Å². The largest absolute Gasteiger partial charge is 0.478 e. The number of hydrogen-bond acceptors (Lipinski definition) is 5. The summed E-state index contributed by atoms with van der Waals surface area (Å²) >= 11 is 0. The van der Waals surface area contributed by atoms with Gasteiger partial charge < -0.3 is 25.5 Å². The van der Waals surface area contributed by atoms with Crippen molar-refractivity contribution in [3.8, 4) is 0 Å². The Morgan fingerprint density at radius 1 is 0.783 bits per heavy atom. The van der Waals surface area contributed by atoms with Crippen molar-refractivity contribution in [3.05, 3.63) is 36.0 Å². The molecule has 0 aromatic carbocycles. The summed E-state index contributed by atoms with van der Waals surface area (Å²) in [5.41, 5.74) is 0.741. The van der Waals surface area contributed by atoms with Crippen molar-refractivity contribution in [2.24, 2.45) is 0 Å². The minimum absolute atomic E-state index is 0.125. The Kier molecular flexibility index (Phi) is 24.4. The van der Waals surface area contributed by atoms with Crippen LogP contribution < -0.4 is 0 Å². The third-order valence-corrected chi connectivity index (χ3v) is 1.60. The van der Waals surface area contributed by atoms with Crippen LogP contribution >= 0.6 is 0 Å². The molecule has 8 heteroatoms. The molecular weight excluding hydrogens is 308 g/mol. The molecule has 23 heavy (non-hydrogen) atoms. The van der Waals surface area contributed by atoms with Gasteiger partial charge in [0.1, 0.15) is 0 Å². The Labute approximate surface area is 135 Å². The number of aliphatic hydroxyl groups is 2. The molecule has 0 aliphatic rings. The quantitative estimate of drug-likeness (QED) is 0.482. The van der Waals surface area contributed by atoms with E-state index in [2.05, 4.69) is 13.2 Å². The summed E-state index contributed by atoms with van der Waals surface area (Å²) in [6.07, 6.45) is 1.56. The third-order valence-electron chi connectivity index (χ3n) is 1.60. The smallest absolute Gasteiger partial charge is 0.330 e. The molecule has 0 aliphatic heterocycles. The number of hydrogen-bond donors (Lipinski definition) is 5. The zero-order chi connectivity index (χ0) is 19.6. The van der Waals surface area contributed by atoms with Crippen molar-refractivity contribution in [2.45, 2.75) is 27.7 Å². The lowest BCUT2D eigenvalue weighted by molar-refractivity contribution is -0.133. The SMILES string of the molecule is C=C(C)C(=O)O.C=C(C)C(=O)O.CC=C(C)C(=O)O.OCCO. The normalized spacial score (nSPS) is 8.70. The third kappa shape index (κ3) is 38.2. The van der Waals surface area contributed by atoms with E-state index in [9.17, 15) is 14.4 Å². The number of aliphatic hydroxyl groups excluding tert-OH is 2. The van der Waals surface area contributed by atoms with Gasteiger partial charge in [-0.3, -0.25) is 0 Å². The van der Waals surface area contributed by atoms with E-state index >= 15 is 0 Å². The molecule has 0 bridgehead atoms. The minimum Gasteiger partial charge on any atom is -0.478 e. The van der Waals surface area contributed by atoms with Gasteiger partial charge in [0.15, 0.2) is 0 Å². The highest BCUT2D eigenvalue weighted by Crippen LogP contribution is 1.87. The first-order valence-corrected chi connectivity index (χ1v) is 6.24. The molecule has 0 atom stereocenters. The summed E-state index contributed by atoms with van der Waals surface area (Å²) < 4.78 is 0. The highest BCUT2D eigenvalue weighted by molar-refractivity contribution is 5.85. The van der Waals surface area contributed by atoms with Crippen molar-refractivity contribution < 1.29 is 39.9 Å². The Morgan fingerprint density at radius 3 is 1.00 bits per heavy atom. The molecule has 0 saturated heterocycles. The highest BCUT2D eigenvalue weighted by atomic mass is 16.4. The fraction of sp³-hybridized carbons (Fsp3) is 0.400. The maximum absolute atomic E-state index is 9.86. The zero-order valence-electron chi connectivity index (χ0n) is 13.9. The summed E-state index contributed by atoms with van der Waals surface area (Å²) in [7, 11) is 0. The van der Waals surface area contributed by atoms with E-state index in [1.165, 1.54) is 13.8 Å². The molecule has 0 heterocycles. The molecule has 0 saturated carbocycles. The van der Waals surface area contributed by atoms with Crippen molar-refractivity contribution in [1.29, 1.82) is 0 Å². The van der Waals surface area contributed by atoms with Crippen LogP contribution in [0.15, 0.2) is 36.0 Å². The number of carboxylic acid groups (broad SMARTS) is 3. The number of allylic oxidation sites excluding steroid dienone is 1. The van der Waals surface area contributed by atoms with Gasteiger partial charge in [0.2, 0.25) is 0 Å². The number of carboxylic acids is 3. The number of carbonyl (C=O) groups is 3. The van der Waals surface area contributed by atoms with E-state index in [0.717, 1.165) is 0 Å². The van der Waals surface area contributed by atoms with Crippen molar-refractivity contribution in [2.75, 3.05) is 13.2 Å². The summed E-state index contributed by atoms with van der Waals surface area (Å²) in [4.78, 5) is 29.1. The molecule has 0 fully saturated rings. The summed E-state index contributed by atoms with van der Waals surface area (Å²) in [6, 6.07) is 0. The van der Waals surface area contributed by atoms with Crippen LogP contribution in [-0.4, -0.2) is 56.7 Å². The molecule has 0 spiro atoms. The molecule has 5 N–H and O–H groups in total. The predicted molar refractivity (Wildman–Crippen MR) is 86.1 cm³/mol. The van der Waals surface area contributed by atoms with Crippen LogP contribution in [0.4, 0.5) is 0 Å². The lowest BCUT2D eigenvalue weighted by atomic mass is 10.3. The molecule has 8 nitrogen and oxygen atoms in total. The van der Waals surface area contributed by atoms with Crippen LogP contribution in [-0.2, 0) is 14.4 Å². The van der Waals surface area contributed by atoms with Crippen LogP contribution in [0, 0.1) is 0 Å². The van der Waals surface area contributed by atoms with E-state index in [-0.39, 0.29) is 24.4 Å². The second-order valence-electron chi connectivity index (χ2n) is 3.90. The molecule has 0 radical (unpaired) electrons. The van der Waals surface area contributed by atoms with Crippen molar-refractivity contribution >= 4 is 17.9 Å². The van der Waals surface area contributed by atoms with E-state index in [0.29, 0.717) is 5.57 Å².